The Balaban J connectivity index is 1.66. The molecule has 1 aromatic carbocycles. The second-order valence-corrected chi connectivity index (χ2v) is 9.62. The van der Waals surface area contributed by atoms with Crippen LogP contribution in [0.4, 0.5) is 0 Å². The molecule has 2 aliphatic rings. The van der Waals surface area contributed by atoms with Gasteiger partial charge in [0.2, 0.25) is 10.0 Å². The molecule has 2 saturated heterocycles. The first-order valence-electron chi connectivity index (χ1n) is 9.32. The van der Waals surface area contributed by atoms with Crippen molar-refractivity contribution < 1.29 is 13.5 Å². The minimum atomic E-state index is -3.21. The van der Waals surface area contributed by atoms with Crippen LogP contribution in [-0.4, -0.2) is 64.7 Å². The van der Waals surface area contributed by atoms with Gasteiger partial charge in [-0.2, -0.15) is 4.31 Å². The molecule has 4 rings (SSSR count). The van der Waals surface area contributed by atoms with E-state index in [2.05, 4.69) is 22.0 Å². The second kappa shape index (κ2) is 6.98. The van der Waals surface area contributed by atoms with Gasteiger partial charge in [0.1, 0.15) is 0 Å². The predicted octanol–water partition coefficient (Wildman–Crippen LogP) is 1.45. The molecule has 2 aliphatic heterocycles. The zero-order valence-corrected chi connectivity index (χ0v) is 16.2. The highest BCUT2D eigenvalue weighted by Crippen LogP contribution is 2.54. The monoisotopic (exact) mass is 387 g/mol. The number of hydrogen-bond acceptors (Lipinski definition) is 5. The van der Waals surface area contributed by atoms with Crippen molar-refractivity contribution in [2.24, 2.45) is 0 Å². The molecule has 6 nitrogen and oxygen atoms in total. The molecule has 1 aromatic heterocycles. The van der Waals surface area contributed by atoms with E-state index in [4.69, 9.17) is 0 Å². The van der Waals surface area contributed by atoms with E-state index in [0.29, 0.717) is 19.6 Å². The lowest BCUT2D eigenvalue weighted by molar-refractivity contribution is -0.176. The number of pyridine rings is 1. The lowest BCUT2D eigenvalue weighted by atomic mass is 9.61. The Morgan fingerprint density at radius 3 is 2.44 bits per heavy atom. The summed E-state index contributed by atoms with van der Waals surface area (Å²) in [6.07, 6.45) is 1.76. The highest BCUT2D eigenvalue weighted by Gasteiger charge is 2.66. The fourth-order valence-electron chi connectivity index (χ4n) is 4.62. The zero-order chi connectivity index (χ0) is 19.1. The number of rotatable bonds is 6. The van der Waals surface area contributed by atoms with Crippen LogP contribution in [0.3, 0.4) is 0 Å². The number of aliphatic hydroxyl groups is 1. The summed E-state index contributed by atoms with van der Waals surface area (Å²) < 4.78 is 26.2. The van der Waals surface area contributed by atoms with Gasteiger partial charge < -0.3 is 5.11 Å². The fraction of sp³-hybridized carbons (Fsp3) is 0.450. The summed E-state index contributed by atoms with van der Waals surface area (Å²) >= 11 is 0. The molecule has 1 N–H and O–H groups in total. The molecule has 0 unspecified atom stereocenters. The van der Waals surface area contributed by atoms with Gasteiger partial charge >= 0.3 is 0 Å². The van der Waals surface area contributed by atoms with Crippen molar-refractivity contribution in [3.63, 3.8) is 0 Å². The molecule has 0 aliphatic carbocycles. The molecule has 144 valence electrons. The lowest BCUT2D eigenvalue weighted by Gasteiger charge is -2.70. The minimum Gasteiger partial charge on any atom is -0.395 e. The number of nitrogens with zero attached hydrogens (tertiary/aromatic N) is 3. The van der Waals surface area contributed by atoms with E-state index in [9.17, 15) is 13.5 Å². The van der Waals surface area contributed by atoms with Crippen LogP contribution in [0.15, 0.2) is 54.7 Å². The van der Waals surface area contributed by atoms with Crippen LogP contribution in [0.2, 0.25) is 0 Å². The second-order valence-electron chi connectivity index (χ2n) is 7.36. The largest absolute Gasteiger partial charge is 0.395 e. The van der Waals surface area contributed by atoms with E-state index in [0.717, 1.165) is 11.3 Å². The molecule has 3 heterocycles. The Morgan fingerprint density at radius 1 is 1.15 bits per heavy atom. The van der Waals surface area contributed by atoms with Gasteiger partial charge in [-0.15, -0.1) is 0 Å². The van der Waals surface area contributed by atoms with Crippen LogP contribution in [0.25, 0.3) is 0 Å². The molecule has 1 spiro atoms. The summed E-state index contributed by atoms with van der Waals surface area (Å²) in [5.74, 6) is 0.221. The van der Waals surface area contributed by atoms with E-state index in [1.165, 1.54) is 0 Å². The first kappa shape index (κ1) is 18.6. The summed E-state index contributed by atoms with van der Waals surface area (Å²) in [4.78, 5) is 6.66. The SMILES string of the molecule is CCS(=O)(=O)N1CC2(C1)[C@H](c1ccccc1)[C@H](CO)N2Cc1ccccn1. The van der Waals surface area contributed by atoms with Crippen molar-refractivity contribution in [1.82, 2.24) is 14.2 Å². The van der Waals surface area contributed by atoms with Crippen LogP contribution in [-0.2, 0) is 16.6 Å². The van der Waals surface area contributed by atoms with E-state index < -0.39 is 10.0 Å². The minimum absolute atomic E-state index is 0.0364. The van der Waals surface area contributed by atoms with Gasteiger partial charge in [0.15, 0.2) is 0 Å². The van der Waals surface area contributed by atoms with Gasteiger partial charge in [0, 0.05) is 37.8 Å². The Labute approximate surface area is 160 Å². The van der Waals surface area contributed by atoms with Crippen molar-refractivity contribution in [2.45, 2.75) is 31.0 Å². The molecule has 2 atom stereocenters. The van der Waals surface area contributed by atoms with Gasteiger partial charge in [-0.05, 0) is 24.6 Å². The third-order valence-electron chi connectivity index (χ3n) is 6.00. The maximum absolute atomic E-state index is 12.3. The number of aromatic nitrogens is 1. The number of aliphatic hydroxyl groups excluding tert-OH is 1. The highest BCUT2D eigenvalue weighted by molar-refractivity contribution is 7.89. The third-order valence-corrected chi connectivity index (χ3v) is 7.77. The quantitative estimate of drug-likeness (QED) is 0.812. The number of benzene rings is 1. The van der Waals surface area contributed by atoms with Gasteiger partial charge in [-0.3, -0.25) is 9.88 Å². The first-order chi connectivity index (χ1) is 13.0. The molecule has 7 heteroatoms. The summed E-state index contributed by atoms with van der Waals surface area (Å²) in [5, 5.41) is 10.1. The van der Waals surface area contributed by atoms with Crippen molar-refractivity contribution in [1.29, 1.82) is 0 Å². The molecule has 0 amide bonds. The van der Waals surface area contributed by atoms with E-state index in [1.54, 1.807) is 17.4 Å². The molecule has 0 bridgehead atoms. The summed E-state index contributed by atoms with van der Waals surface area (Å²) in [6, 6.07) is 15.9. The zero-order valence-electron chi connectivity index (χ0n) is 15.4. The Hall–Kier alpha value is -1.80. The van der Waals surface area contributed by atoms with E-state index >= 15 is 0 Å². The van der Waals surface area contributed by atoms with Crippen molar-refractivity contribution >= 4 is 10.0 Å². The summed E-state index contributed by atoms with van der Waals surface area (Å²) in [5.41, 5.74) is 1.80. The van der Waals surface area contributed by atoms with E-state index in [1.807, 2.05) is 36.4 Å². The first-order valence-corrected chi connectivity index (χ1v) is 10.9. The topological polar surface area (TPSA) is 73.7 Å². The van der Waals surface area contributed by atoms with E-state index in [-0.39, 0.29) is 29.9 Å². The molecular formula is C20H25N3O3S. The molecule has 27 heavy (non-hydrogen) atoms. The van der Waals surface area contributed by atoms with Crippen molar-refractivity contribution in [2.75, 3.05) is 25.4 Å². The van der Waals surface area contributed by atoms with Crippen LogP contribution in [0.5, 0.6) is 0 Å². The smallest absolute Gasteiger partial charge is 0.213 e. The average Bonchev–Trinajstić information content (AvgIpc) is 2.65. The Bertz CT molecular complexity index is 883. The van der Waals surface area contributed by atoms with Crippen LogP contribution < -0.4 is 0 Å². The number of hydrogen-bond donors (Lipinski definition) is 1. The normalized spacial score (nSPS) is 25.1. The molecule has 2 aromatic rings. The van der Waals surface area contributed by atoms with Crippen LogP contribution in [0.1, 0.15) is 24.1 Å². The van der Waals surface area contributed by atoms with Crippen molar-refractivity contribution in [3.8, 4) is 0 Å². The maximum Gasteiger partial charge on any atom is 0.213 e. The molecular weight excluding hydrogens is 362 g/mol. The lowest BCUT2D eigenvalue weighted by Crippen LogP contribution is -2.84. The molecule has 0 saturated carbocycles. The number of sulfonamides is 1. The standard InChI is InChI=1S/C20H25N3O3S/c1-2-27(25,26)22-14-20(15-22)19(16-8-4-3-5-9-16)18(13-24)23(20)12-17-10-6-7-11-21-17/h3-11,18-19,24H,2,12-15H2,1H3/t18-,19+/m0/s1. The van der Waals surface area contributed by atoms with Gasteiger partial charge in [-0.25, -0.2) is 8.42 Å². The van der Waals surface area contributed by atoms with Gasteiger partial charge in [0.25, 0.3) is 0 Å². The third kappa shape index (κ3) is 2.99. The Kier molecular flexibility index (Phi) is 4.80. The van der Waals surface area contributed by atoms with Gasteiger partial charge in [-0.1, -0.05) is 36.4 Å². The van der Waals surface area contributed by atoms with Crippen LogP contribution >= 0.6 is 0 Å². The Morgan fingerprint density at radius 2 is 1.85 bits per heavy atom. The van der Waals surface area contributed by atoms with Gasteiger partial charge in [0.05, 0.1) is 23.6 Å². The predicted molar refractivity (Wildman–Crippen MR) is 104 cm³/mol. The average molecular weight is 388 g/mol. The van der Waals surface area contributed by atoms with Crippen molar-refractivity contribution in [3.05, 3.63) is 66.0 Å². The summed E-state index contributed by atoms with van der Waals surface area (Å²) in [7, 11) is -3.21. The highest BCUT2D eigenvalue weighted by atomic mass is 32.2. The fourth-order valence-corrected chi connectivity index (χ4v) is 5.83. The number of likely N-dealkylation sites (tertiary alicyclic amines) is 1. The molecule has 2 fully saturated rings. The van der Waals surface area contributed by atoms with Crippen LogP contribution in [0, 0.1) is 0 Å². The molecule has 0 radical (unpaired) electrons. The maximum atomic E-state index is 12.3. The summed E-state index contributed by atoms with van der Waals surface area (Å²) in [6.45, 7) is 3.25.